The van der Waals surface area contributed by atoms with Crippen LogP contribution < -0.4 is 14.8 Å². The Balaban J connectivity index is 2.78. The molecule has 21 heavy (non-hydrogen) atoms. The fourth-order valence-corrected chi connectivity index (χ4v) is 2.58. The van der Waals surface area contributed by atoms with Crippen molar-refractivity contribution in [2.45, 2.75) is 26.8 Å². The van der Waals surface area contributed by atoms with Crippen molar-refractivity contribution in [3.63, 3.8) is 0 Å². The van der Waals surface area contributed by atoms with Crippen LogP contribution in [0.1, 0.15) is 25.8 Å². The van der Waals surface area contributed by atoms with E-state index in [-0.39, 0.29) is 0 Å². The lowest BCUT2D eigenvalue weighted by Gasteiger charge is -2.17. The number of methoxy groups -OCH3 is 1. The van der Waals surface area contributed by atoms with Crippen molar-refractivity contribution in [3.8, 4) is 11.5 Å². The van der Waals surface area contributed by atoms with E-state index in [1.54, 1.807) is 13.2 Å². The summed E-state index contributed by atoms with van der Waals surface area (Å²) < 4.78 is 11.3. The highest BCUT2D eigenvalue weighted by molar-refractivity contribution is 7.98. The fourth-order valence-electron chi connectivity index (χ4n) is 1.94. The van der Waals surface area contributed by atoms with Gasteiger partial charge in [-0.05, 0) is 37.0 Å². The van der Waals surface area contributed by atoms with Crippen molar-refractivity contribution in [3.05, 3.63) is 22.7 Å². The number of thioether (sulfide) groups is 1. The van der Waals surface area contributed by atoms with Crippen LogP contribution in [0.3, 0.4) is 0 Å². The van der Waals surface area contributed by atoms with Gasteiger partial charge in [0.15, 0.2) is 11.5 Å². The van der Waals surface area contributed by atoms with Gasteiger partial charge in [-0.25, -0.2) is 0 Å². The van der Waals surface area contributed by atoms with Crippen LogP contribution in [0.25, 0.3) is 0 Å². The van der Waals surface area contributed by atoms with E-state index in [0.29, 0.717) is 23.3 Å². The summed E-state index contributed by atoms with van der Waals surface area (Å²) in [5, 5.41) is 4.09. The number of rotatable bonds is 10. The van der Waals surface area contributed by atoms with E-state index in [0.717, 1.165) is 36.6 Å². The summed E-state index contributed by atoms with van der Waals surface area (Å²) >= 11 is 7.99. The largest absolute Gasteiger partial charge is 0.493 e. The number of ether oxygens (including phenoxy) is 2. The molecular weight excluding hydrogens is 306 g/mol. The molecule has 0 radical (unpaired) electrons. The molecule has 0 aliphatic carbocycles. The summed E-state index contributed by atoms with van der Waals surface area (Å²) in [6.07, 6.45) is 3.12. The first-order valence-corrected chi connectivity index (χ1v) is 9.04. The lowest BCUT2D eigenvalue weighted by Crippen LogP contribution is -2.19. The molecule has 0 aliphatic heterocycles. The average Bonchev–Trinajstić information content (AvgIpc) is 2.44. The molecule has 3 nitrogen and oxygen atoms in total. The molecule has 0 saturated carbocycles. The Labute approximate surface area is 137 Å². The molecule has 1 aromatic carbocycles. The van der Waals surface area contributed by atoms with Crippen LogP contribution in [0.5, 0.6) is 11.5 Å². The van der Waals surface area contributed by atoms with Crippen LogP contribution in [-0.4, -0.2) is 32.3 Å². The Morgan fingerprint density at radius 1 is 1.33 bits per heavy atom. The quantitative estimate of drug-likeness (QED) is 0.650. The maximum absolute atomic E-state index is 6.16. The third-order valence-corrected chi connectivity index (χ3v) is 3.84. The van der Waals surface area contributed by atoms with Crippen molar-refractivity contribution >= 4 is 23.4 Å². The summed E-state index contributed by atoms with van der Waals surface area (Å²) in [5.41, 5.74) is 1.05. The topological polar surface area (TPSA) is 30.5 Å². The van der Waals surface area contributed by atoms with Gasteiger partial charge in [-0.1, -0.05) is 25.4 Å². The maximum Gasteiger partial charge on any atom is 0.165 e. The van der Waals surface area contributed by atoms with Gasteiger partial charge < -0.3 is 14.8 Å². The molecule has 0 atom stereocenters. The lowest BCUT2D eigenvalue weighted by atomic mass is 10.1. The molecule has 0 aliphatic rings. The molecular formula is C16H26ClNO2S. The highest BCUT2D eigenvalue weighted by Gasteiger charge is 2.13. The average molecular weight is 332 g/mol. The Morgan fingerprint density at radius 2 is 2.10 bits per heavy atom. The van der Waals surface area contributed by atoms with Crippen LogP contribution in [-0.2, 0) is 6.54 Å². The second-order valence-electron chi connectivity index (χ2n) is 5.32. The first-order chi connectivity index (χ1) is 10.1. The monoisotopic (exact) mass is 331 g/mol. The molecule has 0 heterocycles. The van der Waals surface area contributed by atoms with E-state index >= 15 is 0 Å². The molecule has 1 aromatic rings. The zero-order chi connectivity index (χ0) is 15.7. The molecule has 0 aromatic heterocycles. The van der Waals surface area contributed by atoms with Gasteiger partial charge in [0.1, 0.15) is 0 Å². The maximum atomic E-state index is 6.16. The van der Waals surface area contributed by atoms with Gasteiger partial charge in [0, 0.05) is 23.2 Å². The predicted octanol–water partition coefficient (Wildman–Crippen LogP) is 4.23. The zero-order valence-electron chi connectivity index (χ0n) is 13.4. The summed E-state index contributed by atoms with van der Waals surface area (Å²) in [6, 6.07) is 3.75. The first-order valence-electron chi connectivity index (χ1n) is 7.27. The summed E-state index contributed by atoms with van der Waals surface area (Å²) in [5.74, 6) is 3.21. The van der Waals surface area contributed by atoms with Gasteiger partial charge in [0.25, 0.3) is 0 Å². The predicted molar refractivity (Wildman–Crippen MR) is 93.0 cm³/mol. The second kappa shape index (κ2) is 10.2. The van der Waals surface area contributed by atoms with Gasteiger partial charge >= 0.3 is 0 Å². The van der Waals surface area contributed by atoms with E-state index in [1.807, 2.05) is 17.8 Å². The highest BCUT2D eigenvalue weighted by atomic mass is 35.5. The van der Waals surface area contributed by atoms with Crippen LogP contribution in [0, 0.1) is 5.92 Å². The number of benzene rings is 1. The Bertz CT molecular complexity index is 427. The lowest BCUT2D eigenvalue weighted by molar-refractivity contribution is 0.291. The van der Waals surface area contributed by atoms with Gasteiger partial charge in [0.2, 0.25) is 0 Å². The zero-order valence-corrected chi connectivity index (χ0v) is 14.9. The second-order valence-corrected chi connectivity index (χ2v) is 6.74. The number of nitrogens with one attached hydrogen (secondary N) is 1. The molecule has 0 spiro atoms. The normalized spacial score (nSPS) is 11.0. The van der Waals surface area contributed by atoms with Crippen molar-refractivity contribution in [1.29, 1.82) is 0 Å². The van der Waals surface area contributed by atoms with Gasteiger partial charge in [-0.2, -0.15) is 11.8 Å². The van der Waals surface area contributed by atoms with Crippen LogP contribution >= 0.6 is 23.4 Å². The van der Waals surface area contributed by atoms with Crippen molar-refractivity contribution in [1.82, 2.24) is 5.32 Å². The standard InChI is InChI=1S/C16H26ClNO2S/c1-12(2)10-18-11-13-8-14(17)9-15(19-3)16(13)20-6-5-7-21-4/h8-9,12,18H,5-7,10-11H2,1-4H3. The van der Waals surface area contributed by atoms with E-state index in [1.165, 1.54) is 0 Å². The molecule has 0 amide bonds. The Hall–Kier alpha value is -0.580. The summed E-state index contributed by atoms with van der Waals surface area (Å²) in [6.45, 7) is 6.75. The molecule has 0 saturated heterocycles. The molecule has 120 valence electrons. The minimum Gasteiger partial charge on any atom is -0.493 e. The van der Waals surface area contributed by atoms with Crippen LogP contribution in [0.2, 0.25) is 5.02 Å². The van der Waals surface area contributed by atoms with Gasteiger partial charge in [-0.15, -0.1) is 0 Å². The summed E-state index contributed by atoms with van der Waals surface area (Å²) in [7, 11) is 1.64. The van der Waals surface area contributed by atoms with E-state index in [2.05, 4.69) is 25.4 Å². The van der Waals surface area contributed by atoms with Crippen molar-refractivity contribution in [2.24, 2.45) is 5.92 Å². The van der Waals surface area contributed by atoms with Gasteiger partial charge in [0.05, 0.1) is 13.7 Å². The van der Waals surface area contributed by atoms with Crippen LogP contribution in [0.4, 0.5) is 0 Å². The Kier molecular flexibility index (Phi) is 8.97. The molecule has 0 bridgehead atoms. The van der Waals surface area contributed by atoms with Gasteiger partial charge in [-0.3, -0.25) is 0 Å². The molecule has 0 unspecified atom stereocenters. The van der Waals surface area contributed by atoms with Crippen molar-refractivity contribution < 1.29 is 9.47 Å². The molecule has 5 heteroatoms. The minimum atomic E-state index is 0.608. The number of halogens is 1. The minimum absolute atomic E-state index is 0.608. The third kappa shape index (κ3) is 6.81. The SMILES string of the molecule is COc1cc(Cl)cc(CNCC(C)C)c1OCCCSC. The smallest absolute Gasteiger partial charge is 0.165 e. The molecule has 1 N–H and O–H groups in total. The third-order valence-electron chi connectivity index (χ3n) is 2.92. The number of hydrogen-bond donors (Lipinski definition) is 1. The molecule has 1 rings (SSSR count). The van der Waals surface area contributed by atoms with E-state index in [4.69, 9.17) is 21.1 Å². The first kappa shape index (κ1) is 18.5. The highest BCUT2D eigenvalue weighted by Crippen LogP contribution is 2.35. The van der Waals surface area contributed by atoms with Crippen LogP contribution in [0.15, 0.2) is 12.1 Å². The fraction of sp³-hybridized carbons (Fsp3) is 0.625. The van der Waals surface area contributed by atoms with E-state index < -0.39 is 0 Å². The number of hydrogen-bond acceptors (Lipinski definition) is 4. The summed E-state index contributed by atoms with van der Waals surface area (Å²) in [4.78, 5) is 0. The Morgan fingerprint density at radius 3 is 2.71 bits per heavy atom. The van der Waals surface area contributed by atoms with Crippen molar-refractivity contribution in [2.75, 3.05) is 32.3 Å². The molecule has 0 fully saturated rings. The van der Waals surface area contributed by atoms with E-state index in [9.17, 15) is 0 Å².